The van der Waals surface area contributed by atoms with Gasteiger partial charge in [-0.1, -0.05) is 24.3 Å². The average molecular weight is 697 g/mol. The molecule has 2 rings (SSSR count). The smallest absolute Gasteiger partial charge is 0.490 e. The summed E-state index contributed by atoms with van der Waals surface area (Å²) in [7, 11) is 0. The van der Waals surface area contributed by atoms with Gasteiger partial charge in [-0.2, -0.15) is 26.3 Å². The molecule has 0 aliphatic rings. The maximum atomic E-state index is 12.6. The molecule has 48 heavy (non-hydrogen) atoms. The summed E-state index contributed by atoms with van der Waals surface area (Å²) in [5.41, 5.74) is 11.9. The van der Waals surface area contributed by atoms with Crippen LogP contribution < -0.4 is 21.5 Å². The van der Waals surface area contributed by atoms with Gasteiger partial charge in [0.05, 0.1) is 12.5 Å². The highest BCUT2D eigenvalue weighted by molar-refractivity contribution is 6.33. The maximum absolute atomic E-state index is 12.6. The molecule has 22 heteroatoms. The van der Waals surface area contributed by atoms with Gasteiger partial charge >= 0.3 is 36.2 Å². The predicted molar refractivity (Wildman–Crippen MR) is 148 cm³/mol. The van der Waals surface area contributed by atoms with Crippen LogP contribution in [0.5, 0.6) is 5.75 Å². The van der Waals surface area contributed by atoms with Crippen LogP contribution in [0.4, 0.5) is 26.3 Å². The number of amides is 1. The van der Waals surface area contributed by atoms with E-state index in [-0.39, 0.29) is 40.7 Å². The molecule has 1 amide bonds. The zero-order valence-corrected chi connectivity index (χ0v) is 23.8. The molecule has 0 unspecified atom stereocenters. The van der Waals surface area contributed by atoms with Crippen molar-refractivity contribution in [2.75, 3.05) is 6.61 Å². The van der Waals surface area contributed by atoms with Gasteiger partial charge in [-0.15, -0.1) is 0 Å². The number of hydrogen-bond acceptors (Lipinski definition) is 9. The van der Waals surface area contributed by atoms with Gasteiger partial charge in [0, 0.05) is 28.7 Å². The molecule has 0 aliphatic heterocycles. The monoisotopic (exact) mass is 697 g/mol. The Morgan fingerprint density at radius 3 is 1.54 bits per heavy atom. The van der Waals surface area contributed by atoms with Crippen LogP contribution in [0.15, 0.2) is 42.5 Å². The lowest BCUT2D eigenvalue weighted by Crippen LogP contribution is -2.40. The first-order chi connectivity index (χ1) is 21.9. The summed E-state index contributed by atoms with van der Waals surface area (Å²) >= 11 is 0. The number of nitrogen functional groups attached to an aromatic ring is 2. The fourth-order valence-corrected chi connectivity index (χ4v) is 2.87. The fourth-order valence-electron chi connectivity index (χ4n) is 2.87. The van der Waals surface area contributed by atoms with E-state index in [9.17, 15) is 50.6 Å². The van der Waals surface area contributed by atoms with Crippen LogP contribution in [0, 0.1) is 10.8 Å². The van der Waals surface area contributed by atoms with Crippen molar-refractivity contribution in [1.82, 2.24) is 5.32 Å². The van der Waals surface area contributed by atoms with Crippen molar-refractivity contribution < 1.29 is 80.3 Å². The molecular weight excluding hydrogens is 672 g/mol. The number of rotatable bonds is 12. The average Bonchev–Trinajstić information content (AvgIpc) is 2.95. The summed E-state index contributed by atoms with van der Waals surface area (Å²) in [6, 6.07) is 8.93. The van der Waals surface area contributed by atoms with Crippen LogP contribution in [0.1, 0.15) is 33.5 Å². The van der Waals surface area contributed by atoms with Crippen molar-refractivity contribution in [2.24, 2.45) is 11.5 Å². The number of carbonyl (C=O) groups excluding carboxylic acids is 2. The molecule has 0 aliphatic carbocycles. The van der Waals surface area contributed by atoms with Gasteiger partial charge < -0.3 is 41.9 Å². The maximum Gasteiger partial charge on any atom is 0.490 e. The summed E-state index contributed by atoms with van der Waals surface area (Å²) in [6.45, 7) is -0.334. The molecule has 0 radical (unpaired) electrons. The second kappa shape index (κ2) is 18.1. The Kier molecular flexibility index (Phi) is 15.7. The van der Waals surface area contributed by atoms with E-state index in [0.29, 0.717) is 5.56 Å². The molecule has 0 saturated carbocycles. The predicted octanol–water partition coefficient (Wildman–Crippen LogP) is 1.37. The Balaban J connectivity index is 0.00000131. The number of Topliss-reactive ketones (excluding diaryl/α,β-unsaturated/α-hetero) is 1. The first-order valence-electron chi connectivity index (χ1n) is 12.3. The number of carboxylic acids is 4. The van der Waals surface area contributed by atoms with Crippen molar-refractivity contribution in [3.05, 3.63) is 64.7 Å². The van der Waals surface area contributed by atoms with Crippen LogP contribution in [-0.2, 0) is 30.4 Å². The van der Waals surface area contributed by atoms with E-state index in [1.807, 2.05) is 0 Å². The fraction of sp³-hybridized carbons (Fsp3) is 0.231. The highest BCUT2D eigenvalue weighted by Gasteiger charge is 2.38. The molecule has 0 bridgehead atoms. The van der Waals surface area contributed by atoms with Gasteiger partial charge in [-0.05, 0) is 18.2 Å². The zero-order chi connectivity index (χ0) is 37.6. The number of halogens is 6. The second-order valence-corrected chi connectivity index (χ2v) is 8.82. The number of carboxylic acid groups (broad SMARTS) is 4. The van der Waals surface area contributed by atoms with Gasteiger partial charge in [-0.3, -0.25) is 25.2 Å². The molecule has 0 fully saturated rings. The lowest BCUT2D eigenvalue weighted by atomic mass is 10.0. The first kappa shape index (κ1) is 41.8. The Morgan fingerprint density at radius 2 is 1.17 bits per heavy atom. The third-order valence-electron chi connectivity index (χ3n) is 5.11. The zero-order valence-electron chi connectivity index (χ0n) is 23.8. The van der Waals surface area contributed by atoms with Crippen molar-refractivity contribution in [1.29, 1.82) is 10.8 Å². The summed E-state index contributed by atoms with van der Waals surface area (Å²) in [4.78, 5) is 64.2. The number of carbonyl (C=O) groups is 6. The van der Waals surface area contributed by atoms with Crippen LogP contribution >= 0.6 is 0 Å². The quantitative estimate of drug-likeness (QED) is 0.0656. The number of benzene rings is 2. The SMILES string of the molecule is N=C(N)c1ccc(C(=O)N[C@@H](COc2cc(C(=N)N)ccc2CC(=O)C(=O)O)CC(=O)O)cc1.O=C(O)C(F)(F)F.O=C(O)C(F)(F)F. The van der Waals surface area contributed by atoms with Crippen molar-refractivity contribution in [2.45, 2.75) is 31.2 Å². The number of amidine groups is 2. The molecule has 16 nitrogen and oxygen atoms in total. The minimum absolute atomic E-state index is 0.0257. The van der Waals surface area contributed by atoms with E-state index in [0.717, 1.165) is 0 Å². The van der Waals surface area contributed by atoms with Crippen LogP contribution in [0.3, 0.4) is 0 Å². The molecule has 0 spiro atoms. The Morgan fingerprint density at radius 1 is 0.750 bits per heavy atom. The van der Waals surface area contributed by atoms with E-state index >= 15 is 0 Å². The molecule has 2 aromatic carbocycles. The van der Waals surface area contributed by atoms with Gasteiger partial charge in [-0.25, -0.2) is 14.4 Å². The number of ketones is 1. The molecule has 11 N–H and O–H groups in total. The first-order valence-corrected chi connectivity index (χ1v) is 12.3. The molecule has 0 heterocycles. The van der Waals surface area contributed by atoms with Crippen LogP contribution in [0.25, 0.3) is 0 Å². The Bertz CT molecular complexity index is 1520. The molecular formula is C26H25F6N5O11. The molecule has 0 saturated heterocycles. The molecule has 262 valence electrons. The highest BCUT2D eigenvalue weighted by Crippen LogP contribution is 2.22. The number of nitrogens with two attached hydrogens (primary N) is 2. The molecule has 2 aromatic rings. The minimum atomic E-state index is -5.08. The molecule has 0 aromatic heterocycles. The van der Waals surface area contributed by atoms with Gasteiger partial charge in [0.2, 0.25) is 5.78 Å². The van der Waals surface area contributed by atoms with E-state index in [1.54, 1.807) is 0 Å². The summed E-state index contributed by atoms with van der Waals surface area (Å²) in [5.74, 6) is -10.5. The summed E-state index contributed by atoms with van der Waals surface area (Å²) in [6.07, 6.45) is -11.2. The topological polar surface area (TPSA) is 304 Å². The largest absolute Gasteiger partial charge is 0.491 e. The third kappa shape index (κ3) is 15.7. The Labute approximate surface area is 263 Å². The third-order valence-corrected chi connectivity index (χ3v) is 5.11. The van der Waals surface area contributed by atoms with E-state index in [4.69, 9.17) is 51.9 Å². The van der Waals surface area contributed by atoms with Gasteiger partial charge in [0.15, 0.2) is 0 Å². The van der Waals surface area contributed by atoms with Crippen molar-refractivity contribution >= 4 is 47.2 Å². The van der Waals surface area contributed by atoms with Crippen LogP contribution in [0.2, 0.25) is 0 Å². The number of ether oxygens (including phenoxy) is 1. The van der Waals surface area contributed by atoms with Crippen molar-refractivity contribution in [3.63, 3.8) is 0 Å². The van der Waals surface area contributed by atoms with E-state index in [2.05, 4.69) is 5.32 Å². The van der Waals surface area contributed by atoms with Crippen LogP contribution in [-0.4, -0.2) is 92.7 Å². The van der Waals surface area contributed by atoms with E-state index in [1.165, 1.54) is 42.5 Å². The number of alkyl halides is 6. The highest BCUT2D eigenvalue weighted by atomic mass is 19.4. The van der Waals surface area contributed by atoms with Crippen molar-refractivity contribution in [3.8, 4) is 5.75 Å². The second-order valence-electron chi connectivity index (χ2n) is 8.82. The lowest BCUT2D eigenvalue weighted by molar-refractivity contribution is -0.193. The summed E-state index contributed by atoms with van der Waals surface area (Å²) < 4.78 is 69.1. The van der Waals surface area contributed by atoms with Gasteiger partial charge in [0.25, 0.3) is 5.91 Å². The number of aliphatic carboxylic acids is 4. The minimum Gasteiger partial charge on any atom is -0.491 e. The lowest BCUT2D eigenvalue weighted by Gasteiger charge is -2.19. The standard InChI is InChI=1S/C22H23N5O7.2C2HF3O2/c23-19(24)11-1-3-12(4-2-11)21(31)27-15(9-18(29)30)10-34-17-8-14(20(25)26)6-5-13(17)7-16(28)22(32)33;2*3-2(4,5)1(6)7/h1-6,8,15H,7,9-10H2,(H3,23,24)(H3,25,26)(H,27,31)(H,29,30)(H,32,33);2*(H,6,7)/t15-;;/m1../s1. The van der Waals surface area contributed by atoms with Gasteiger partial charge in [0.1, 0.15) is 24.0 Å². The number of nitrogens with one attached hydrogen (secondary N) is 3. The Hall–Kier alpha value is -6.22. The molecule has 1 atom stereocenters. The number of hydrogen-bond donors (Lipinski definition) is 9. The normalized spacial score (nSPS) is 11.2. The summed E-state index contributed by atoms with van der Waals surface area (Å²) in [5, 5.41) is 49.8. The van der Waals surface area contributed by atoms with E-state index < -0.39 is 66.8 Å².